The van der Waals surface area contributed by atoms with Gasteiger partial charge in [0.2, 0.25) is 0 Å². The van der Waals surface area contributed by atoms with Crippen molar-refractivity contribution in [2.45, 2.75) is 18.9 Å². The first-order valence-electron chi connectivity index (χ1n) is 5.42. The maximum absolute atomic E-state index is 11.9. The highest BCUT2D eigenvalue weighted by Crippen LogP contribution is 2.12. The van der Waals surface area contributed by atoms with E-state index in [0.717, 1.165) is 0 Å². The Hall–Kier alpha value is -1.64. The molecule has 3 N–H and O–H groups in total. The number of hydrogen-bond acceptors (Lipinski definition) is 3. The number of aliphatic carboxylic acids is 2. The number of halogens is 1. The Morgan fingerprint density at radius 2 is 1.84 bits per heavy atom. The van der Waals surface area contributed by atoms with Gasteiger partial charge < -0.3 is 15.5 Å². The molecule has 6 nitrogen and oxygen atoms in total. The van der Waals surface area contributed by atoms with Gasteiger partial charge in [0.05, 0.1) is 5.56 Å². The number of rotatable bonds is 6. The van der Waals surface area contributed by atoms with Crippen molar-refractivity contribution in [2.75, 3.05) is 0 Å². The number of carbonyl (C=O) groups is 3. The van der Waals surface area contributed by atoms with Crippen LogP contribution in [0, 0.1) is 3.57 Å². The smallest absolute Gasteiger partial charge is 0.326 e. The molecule has 0 saturated carbocycles. The fraction of sp³-hybridized carbons (Fsp3) is 0.250. The summed E-state index contributed by atoms with van der Waals surface area (Å²) in [4.78, 5) is 33.3. The van der Waals surface area contributed by atoms with Crippen molar-refractivity contribution in [3.05, 3.63) is 33.4 Å². The number of carbonyl (C=O) groups excluding carboxylic acids is 1. The molecule has 7 heteroatoms. The summed E-state index contributed by atoms with van der Waals surface area (Å²) >= 11 is 1.97. The Kier molecular flexibility index (Phi) is 5.74. The molecule has 1 aromatic rings. The van der Waals surface area contributed by atoms with Crippen molar-refractivity contribution < 1.29 is 24.6 Å². The number of carboxylic acid groups (broad SMARTS) is 2. The molecule has 0 aliphatic heterocycles. The van der Waals surface area contributed by atoms with Crippen LogP contribution in [0.25, 0.3) is 0 Å². The number of amides is 1. The summed E-state index contributed by atoms with van der Waals surface area (Å²) < 4.78 is 0.694. The van der Waals surface area contributed by atoms with Crippen molar-refractivity contribution in [2.24, 2.45) is 0 Å². The predicted octanol–water partition coefficient (Wildman–Crippen LogP) is 1.34. The number of hydrogen-bond donors (Lipinski definition) is 3. The van der Waals surface area contributed by atoms with E-state index in [1.807, 2.05) is 22.6 Å². The molecule has 0 aromatic heterocycles. The third-order valence-electron chi connectivity index (χ3n) is 2.37. The van der Waals surface area contributed by atoms with Crippen LogP contribution in [-0.4, -0.2) is 34.1 Å². The monoisotopic (exact) mass is 377 g/mol. The number of nitrogens with one attached hydrogen (secondary N) is 1. The molecule has 0 spiro atoms. The zero-order chi connectivity index (χ0) is 14.4. The van der Waals surface area contributed by atoms with Gasteiger partial charge in [-0.3, -0.25) is 9.59 Å². The van der Waals surface area contributed by atoms with Gasteiger partial charge in [-0.15, -0.1) is 0 Å². The van der Waals surface area contributed by atoms with E-state index in [0.29, 0.717) is 9.13 Å². The van der Waals surface area contributed by atoms with Gasteiger partial charge in [-0.25, -0.2) is 4.79 Å². The second kappa shape index (κ2) is 7.07. The van der Waals surface area contributed by atoms with Crippen LogP contribution in [0.2, 0.25) is 0 Å². The van der Waals surface area contributed by atoms with Gasteiger partial charge in [0.15, 0.2) is 0 Å². The Morgan fingerprint density at radius 3 is 2.37 bits per heavy atom. The lowest BCUT2D eigenvalue weighted by molar-refractivity contribution is -0.140. The fourth-order valence-electron chi connectivity index (χ4n) is 1.41. The van der Waals surface area contributed by atoms with E-state index in [-0.39, 0.29) is 12.8 Å². The lowest BCUT2D eigenvalue weighted by Gasteiger charge is -2.14. The lowest BCUT2D eigenvalue weighted by Crippen LogP contribution is -2.41. The van der Waals surface area contributed by atoms with E-state index in [1.54, 1.807) is 24.3 Å². The standard InChI is InChI=1S/C12H12INO5/c13-8-4-2-1-3-7(8)11(17)14-9(12(18)19)5-6-10(15)16/h1-4,9H,5-6H2,(H,14,17)(H,15,16)(H,18,19)/t9-/m0/s1. The molecular weight excluding hydrogens is 365 g/mol. The molecule has 1 aromatic carbocycles. The summed E-state index contributed by atoms with van der Waals surface area (Å²) in [5.41, 5.74) is 0.365. The van der Waals surface area contributed by atoms with Gasteiger partial charge in [-0.1, -0.05) is 12.1 Å². The van der Waals surface area contributed by atoms with Gasteiger partial charge in [0.25, 0.3) is 5.91 Å². The van der Waals surface area contributed by atoms with E-state index in [1.165, 1.54) is 0 Å². The molecule has 0 heterocycles. The molecule has 102 valence electrons. The summed E-state index contributed by atoms with van der Waals surface area (Å²) in [5, 5.41) is 19.8. The summed E-state index contributed by atoms with van der Waals surface area (Å²) in [7, 11) is 0. The van der Waals surface area contributed by atoms with Crippen molar-refractivity contribution in [3.8, 4) is 0 Å². The minimum absolute atomic E-state index is 0.153. The molecule has 1 amide bonds. The summed E-state index contributed by atoms with van der Waals surface area (Å²) in [6.45, 7) is 0. The second-order valence-electron chi connectivity index (χ2n) is 3.78. The highest BCUT2D eigenvalue weighted by Gasteiger charge is 2.22. The average molecular weight is 377 g/mol. The van der Waals surface area contributed by atoms with Crippen LogP contribution in [0.1, 0.15) is 23.2 Å². The summed E-state index contributed by atoms with van der Waals surface area (Å²) in [6, 6.07) is 5.52. The van der Waals surface area contributed by atoms with Gasteiger partial charge >= 0.3 is 11.9 Å². The zero-order valence-corrected chi connectivity index (χ0v) is 12.0. The molecule has 1 atom stereocenters. The molecule has 0 bridgehead atoms. The molecule has 0 unspecified atom stereocenters. The lowest BCUT2D eigenvalue weighted by atomic mass is 10.1. The van der Waals surface area contributed by atoms with Crippen LogP contribution < -0.4 is 5.32 Å². The minimum Gasteiger partial charge on any atom is -0.481 e. The van der Waals surface area contributed by atoms with Crippen molar-refractivity contribution in [1.29, 1.82) is 0 Å². The van der Waals surface area contributed by atoms with Crippen LogP contribution in [0.5, 0.6) is 0 Å². The van der Waals surface area contributed by atoms with Gasteiger partial charge in [0, 0.05) is 9.99 Å². The zero-order valence-electron chi connectivity index (χ0n) is 9.80. The first-order chi connectivity index (χ1) is 8.91. The molecule has 0 aliphatic carbocycles. The topological polar surface area (TPSA) is 104 Å². The molecule has 19 heavy (non-hydrogen) atoms. The van der Waals surface area contributed by atoms with Crippen LogP contribution >= 0.6 is 22.6 Å². The third kappa shape index (κ3) is 4.86. The Morgan fingerprint density at radius 1 is 1.21 bits per heavy atom. The summed E-state index contributed by atoms with van der Waals surface area (Å²) in [6.07, 6.45) is -0.469. The van der Waals surface area contributed by atoms with Crippen molar-refractivity contribution in [1.82, 2.24) is 5.32 Å². The molecular formula is C12H12INO5. The fourth-order valence-corrected chi connectivity index (χ4v) is 2.04. The van der Waals surface area contributed by atoms with Crippen LogP contribution in [0.4, 0.5) is 0 Å². The van der Waals surface area contributed by atoms with Crippen molar-refractivity contribution >= 4 is 40.4 Å². The van der Waals surface area contributed by atoms with E-state index < -0.39 is 23.9 Å². The van der Waals surface area contributed by atoms with Crippen LogP contribution in [0.15, 0.2) is 24.3 Å². The van der Waals surface area contributed by atoms with Crippen LogP contribution in [-0.2, 0) is 9.59 Å². The molecule has 0 saturated heterocycles. The normalized spacial score (nSPS) is 11.6. The first-order valence-corrected chi connectivity index (χ1v) is 6.49. The number of carboxylic acids is 2. The first kappa shape index (κ1) is 15.4. The second-order valence-corrected chi connectivity index (χ2v) is 4.94. The van der Waals surface area contributed by atoms with E-state index in [9.17, 15) is 14.4 Å². The summed E-state index contributed by atoms with van der Waals surface area (Å²) in [5.74, 6) is -2.88. The highest BCUT2D eigenvalue weighted by atomic mass is 127. The Balaban J connectivity index is 2.74. The largest absolute Gasteiger partial charge is 0.481 e. The molecule has 0 fully saturated rings. The Bertz CT molecular complexity index is 503. The van der Waals surface area contributed by atoms with Gasteiger partial charge in [-0.2, -0.15) is 0 Å². The minimum atomic E-state index is -1.25. The maximum atomic E-state index is 11.9. The van der Waals surface area contributed by atoms with Crippen LogP contribution in [0.3, 0.4) is 0 Å². The predicted molar refractivity (Wildman–Crippen MR) is 74.9 cm³/mol. The van der Waals surface area contributed by atoms with Gasteiger partial charge in [-0.05, 0) is 41.1 Å². The third-order valence-corrected chi connectivity index (χ3v) is 3.31. The van der Waals surface area contributed by atoms with Crippen molar-refractivity contribution in [3.63, 3.8) is 0 Å². The SMILES string of the molecule is O=C(O)CC[C@H](NC(=O)c1ccccc1I)C(=O)O. The number of benzene rings is 1. The molecule has 0 aliphatic rings. The average Bonchev–Trinajstić information content (AvgIpc) is 2.34. The molecule has 0 radical (unpaired) electrons. The van der Waals surface area contributed by atoms with E-state index >= 15 is 0 Å². The molecule has 1 rings (SSSR count). The maximum Gasteiger partial charge on any atom is 0.326 e. The highest BCUT2D eigenvalue weighted by molar-refractivity contribution is 14.1. The van der Waals surface area contributed by atoms with E-state index in [2.05, 4.69) is 5.32 Å². The quantitative estimate of drug-likeness (QED) is 0.650. The Labute approximate surface area is 123 Å². The van der Waals surface area contributed by atoms with Gasteiger partial charge in [0.1, 0.15) is 6.04 Å². The van der Waals surface area contributed by atoms with E-state index in [4.69, 9.17) is 10.2 Å².